The van der Waals surface area contributed by atoms with Crippen LogP contribution < -0.4 is 4.90 Å². The molecule has 1 amide bonds. The maximum Gasteiger partial charge on any atom is 0.276 e. The summed E-state index contributed by atoms with van der Waals surface area (Å²) in [5.74, 6) is 0.845. The van der Waals surface area contributed by atoms with Crippen molar-refractivity contribution < 1.29 is 22.1 Å². The number of carbonyl (C=O) groups is 1. The molecule has 0 aliphatic carbocycles. The second-order valence-corrected chi connectivity index (χ2v) is 12.7. The maximum atomic E-state index is 14.9. The summed E-state index contributed by atoms with van der Waals surface area (Å²) >= 11 is 1.42. The first-order valence-electron chi connectivity index (χ1n) is 12.3. The molecule has 1 saturated heterocycles. The second kappa shape index (κ2) is 10.1. The minimum atomic E-state index is -3.51. The van der Waals surface area contributed by atoms with Crippen LogP contribution in [0.5, 0.6) is 0 Å². The third kappa shape index (κ3) is 4.90. The number of hydrogen-bond acceptors (Lipinski definition) is 9. The Hall–Kier alpha value is -3.38. The van der Waals surface area contributed by atoms with Crippen molar-refractivity contribution in [1.29, 1.82) is 0 Å². The first-order valence-corrected chi connectivity index (χ1v) is 15.0. The standard InChI is InChI=1S/C26H28FN5O4S2/c1-15(2)22-12-21(30-36-22)26(33)32-9-7-16(8-10-32)31(3)25-24-23(28-14-29-25)19(13-37-24)18-6-5-17(11-20(18)27)38(4,34)35/h5-6,11-16H,7-10H2,1-4H3. The summed E-state index contributed by atoms with van der Waals surface area (Å²) in [5.41, 5.74) is 1.82. The first kappa shape index (κ1) is 26.2. The van der Waals surface area contributed by atoms with Gasteiger partial charge in [-0.15, -0.1) is 11.3 Å². The van der Waals surface area contributed by atoms with Crippen molar-refractivity contribution in [2.45, 2.75) is 43.5 Å². The number of halogens is 1. The molecule has 12 heteroatoms. The summed E-state index contributed by atoms with van der Waals surface area (Å²) in [6.45, 7) is 5.14. The molecule has 200 valence electrons. The number of hydrogen-bond donors (Lipinski definition) is 0. The van der Waals surface area contributed by atoms with Gasteiger partial charge in [0, 0.05) is 60.9 Å². The van der Waals surface area contributed by atoms with E-state index < -0.39 is 15.7 Å². The number of rotatable bonds is 6. The van der Waals surface area contributed by atoms with Crippen LogP contribution in [0.2, 0.25) is 0 Å². The molecule has 4 aromatic rings. The average molecular weight is 558 g/mol. The quantitative estimate of drug-likeness (QED) is 0.334. The van der Waals surface area contributed by atoms with Crippen LogP contribution in [0.1, 0.15) is 48.9 Å². The summed E-state index contributed by atoms with van der Waals surface area (Å²) in [7, 11) is -1.54. The number of sulfone groups is 1. The Bertz CT molecular complexity index is 1610. The Kier molecular flexibility index (Phi) is 6.95. The van der Waals surface area contributed by atoms with E-state index in [9.17, 15) is 17.6 Å². The van der Waals surface area contributed by atoms with Gasteiger partial charge >= 0.3 is 0 Å². The van der Waals surface area contributed by atoms with Gasteiger partial charge in [-0.2, -0.15) is 0 Å². The van der Waals surface area contributed by atoms with E-state index in [1.165, 1.54) is 29.8 Å². The molecule has 9 nitrogen and oxygen atoms in total. The largest absolute Gasteiger partial charge is 0.360 e. The number of aromatic nitrogens is 3. The van der Waals surface area contributed by atoms with E-state index in [1.807, 2.05) is 26.3 Å². The fraction of sp³-hybridized carbons (Fsp3) is 0.385. The van der Waals surface area contributed by atoms with E-state index >= 15 is 0 Å². The first-order chi connectivity index (χ1) is 18.0. The Morgan fingerprint density at radius 3 is 2.55 bits per heavy atom. The van der Waals surface area contributed by atoms with Gasteiger partial charge in [-0.3, -0.25) is 4.79 Å². The van der Waals surface area contributed by atoms with E-state index in [-0.39, 0.29) is 28.3 Å². The number of benzene rings is 1. The van der Waals surface area contributed by atoms with E-state index in [4.69, 9.17) is 4.52 Å². The lowest BCUT2D eigenvalue weighted by molar-refractivity contribution is 0.0702. The number of likely N-dealkylation sites (tertiary alicyclic amines) is 1. The molecule has 4 heterocycles. The van der Waals surface area contributed by atoms with Crippen molar-refractivity contribution in [3.05, 3.63) is 53.2 Å². The van der Waals surface area contributed by atoms with Crippen molar-refractivity contribution in [2.75, 3.05) is 31.3 Å². The normalized spacial score (nSPS) is 14.9. The minimum absolute atomic E-state index is 0.0675. The zero-order chi connectivity index (χ0) is 27.2. The molecule has 1 fully saturated rings. The van der Waals surface area contributed by atoms with E-state index in [1.54, 1.807) is 11.0 Å². The molecule has 5 rings (SSSR count). The van der Waals surface area contributed by atoms with Gasteiger partial charge < -0.3 is 14.3 Å². The number of piperidine rings is 1. The number of nitrogens with zero attached hydrogens (tertiary/aromatic N) is 5. The Labute approximate surface area is 224 Å². The Balaban J connectivity index is 1.34. The Morgan fingerprint density at radius 1 is 1.18 bits per heavy atom. The van der Waals surface area contributed by atoms with Gasteiger partial charge in [-0.1, -0.05) is 25.1 Å². The van der Waals surface area contributed by atoms with Gasteiger partial charge in [-0.05, 0) is 25.0 Å². The lowest BCUT2D eigenvalue weighted by Crippen LogP contribution is -2.46. The van der Waals surface area contributed by atoms with Crippen LogP contribution in [0.15, 0.2) is 45.4 Å². The molecule has 1 aromatic carbocycles. The number of fused-ring (bicyclic) bond motifs is 1. The lowest BCUT2D eigenvalue weighted by Gasteiger charge is -2.37. The summed E-state index contributed by atoms with van der Waals surface area (Å²) in [5, 5.41) is 5.77. The van der Waals surface area contributed by atoms with Gasteiger partial charge in [0.2, 0.25) is 0 Å². The van der Waals surface area contributed by atoms with Crippen LogP contribution >= 0.6 is 11.3 Å². The number of amides is 1. The molecule has 3 aromatic heterocycles. The van der Waals surface area contributed by atoms with Crippen molar-refractivity contribution in [3.8, 4) is 11.1 Å². The molecule has 0 saturated carbocycles. The number of anilines is 1. The van der Waals surface area contributed by atoms with Gasteiger partial charge in [0.15, 0.2) is 15.5 Å². The Morgan fingerprint density at radius 2 is 1.92 bits per heavy atom. The molecular formula is C26H28FN5O4S2. The van der Waals surface area contributed by atoms with Crippen LogP contribution in [0.25, 0.3) is 21.3 Å². The summed E-state index contributed by atoms with van der Waals surface area (Å²) in [4.78, 5) is 25.7. The highest BCUT2D eigenvalue weighted by atomic mass is 32.2. The zero-order valence-electron chi connectivity index (χ0n) is 21.5. The van der Waals surface area contributed by atoms with Gasteiger partial charge in [0.05, 0.1) is 15.1 Å². The lowest BCUT2D eigenvalue weighted by atomic mass is 10.0. The van der Waals surface area contributed by atoms with Crippen molar-refractivity contribution in [1.82, 2.24) is 20.0 Å². The fourth-order valence-electron chi connectivity index (χ4n) is 4.68. The number of carbonyl (C=O) groups excluding carboxylic acids is 1. The van der Waals surface area contributed by atoms with Gasteiger partial charge in [-0.25, -0.2) is 22.8 Å². The highest BCUT2D eigenvalue weighted by molar-refractivity contribution is 7.90. The maximum absolute atomic E-state index is 14.9. The highest BCUT2D eigenvalue weighted by Crippen LogP contribution is 2.39. The molecule has 0 atom stereocenters. The molecule has 38 heavy (non-hydrogen) atoms. The predicted octanol–water partition coefficient (Wildman–Crippen LogP) is 4.75. The van der Waals surface area contributed by atoms with Crippen molar-refractivity contribution in [3.63, 3.8) is 0 Å². The SMILES string of the molecule is CC(C)c1cc(C(=O)N2CCC(N(C)c3ncnc4c(-c5ccc(S(C)(=O)=O)cc5F)csc34)CC2)no1. The summed E-state index contributed by atoms with van der Waals surface area (Å²) in [6, 6.07) is 5.79. The number of thiophene rings is 1. The van der Waals surface area contributed by atoms with Crippen molar-refractivity contribution in [2.24, 2.45) is 0 Å². The molecule has 1 aliphatic heterocycles. The highest BCUT2D eigenvalue weighted by Gasteiger charge is 2.29. The van der Waals surface area contributed by atoms with Gasteiger partial charge in [0.1, 0.15) is 23.7 Å². The van der Waals surface area contributed by atoms with Crippen molar-refractivity contribution >= 4 is 43.1 Å². The predicted molar refractivity (Wildman–Crippen MR) is 144 cm³/mol. The van der Waals surface area contributed by atoms with Crippen LogP contribution in [0.4, 0.5) is 10.2 Å². The molecule has 0 radical (unpaired) electrons. The molecule has 1 aliphatic rings. The molecule has 0 bridgehead atoms. The van der Waals surface area contributed by atoms with Crippen LogP contribution in [-0.4, -0.2) is 66.8 Å². The molecular weight excluding hydrogens is 529 g/mol. The summed E-state index contributed by atoms with van der Waals surface area (Å²) < 4.78 is 44.6. The van der Waals surface area contributed by atoms with Crippen LogP contribution in [0, 0.1) is 5.82 Å². The van der Waals surface area contributed by atoms with E-state index in [0.717, 1.165) is 35.7 Å². The molecule has 0 unspecified atom stereocenters. The second-order valence-electron chi connectivity index (χ2n) is 9.84. The monoisotopic (exact) mass is 557 g/mol. The topological polar surface area (TPSA) is 110 Å². The smallest absolute Gasteiger partial charge is 0.276 e. The van der Waals surface area contributed by atoms with E-state index in [2.05, 4.69) is 20.0 Å². The van der Waals surface area contributed by atoms with Crippen LogP contribution in [0.3, 0.4) is 0 Å². The van der Waals surface area contributed by atoms with Crippen LogP contribution in [-0.2, 0) is 9.84 Å². The average Bonchev–Trinajstić information content (AvgIpc) is 3.55. The summed E-state index contributed by atoms with van der Waals surface area (Å²) in [6.07, 6.45) is 4.02. The minimum Gasteiger partial charge on any atom is -0.360 e. The molecule has 0 N–H and O–H groups in total. The van der Waals surface area contributed by atoms with Gasteiger partial charge in [0.25, 0.3) is 5.91 Å². The van der Waals surface area contributed by atoms with E-state index in [0.29, 0.717) is 35.6 Å². The zero-order valence-corrected chi connectivity index (χ0v) is 23.1. The third-order valence-corrected chi connectivity index (χ3v) is 9.02. The fourth-order valence-corrected chi connectivity index (χ4v) is 6.36. The molecule has 0 spiro atoms. The third-order valence-electron chi connectivity index (χ3n) is 6.94.